The fourth-order valence-electron chi connectivity index (χ4n) is 0.613. The average molecular weight is 173 g/mol. The summed E-state index contributed by atoms with van der Waals surface area (Å²) in [6.07, 6.45) is 0.791. The van der Waals surface area contributed by atoms with Crippen LogP contribution in [-0.2, 0) is 4.79 Å². The van der Waals surface area contributed by atoms with Crippen molar-refractivity contribution in [2.24, 2.45) is 5.73 Å². The van der Waals surface area contributed by atoms with E-state index < -0.39 is 0 Å². The van der Waals surface area contributed by atoms with Gasteiger partial charge in [0.15, 0.2) is 0 Å². The third-order valence-electron chi connectivity index (χ3n) is 1.09. The SMILES string of the molecule is Cl.Cl.NC1CCNC1=O. The molecule has 1 aliphatic heterocycles. The number of carbonyl (C=O) groups excluding carboxylic acids is 1. The highest BCUT2D eigenvalue weighted by Crippen LogP contribution is 1.92. The molecule has 1 amide bonds. The second kappa shape index (κ2) is 4.85. The molecular weight excluding hydrogens is 163 g/mol. The van der Waals surface area contributed by atoms with Gasteiger partial charge in [-0.3, -0.25) is 4.79 Å². The third kappa shape index (κ3) is 2.89. The molecule has 1 rings (SSSR count). The summed E-state index contributed by atoms with van der Waals surface area (Å²) >= 11 is 0. The Bertz CT molecular complexity index is 98.6. The van der Waals surface area contributed by atoms with Crippen LogP contribution in [-0.4, -0.2) is 18.5 Å². The van der Waals surface area contributed by atoms with Crippen LogP contribution in [0.3, 0.4) is 0 Å². The molecular formula is C4H10Cl2N2O. The Morgan fingerprint density at radius 1 is 1.56 bits per heavy atom. The maximum Gasteiger partial charge on any atom is 0.236 e. The number of amides is 1. The molecule has 1 unspecified atom stereocenters. The van der Waals surface area contributed by atoms with Crippen molar-refractivity contribution in [1.82, 2.24) is 5.32 Å². The molecule has 1 heterocycles. The number of nitrogens with one attached hydrogen (secondary N) is 1. The lowest BCUT2D eigenvalue weighted by Crippen LogP contribution is -2.29. The lowest BCUT2D eigenvalue weighted by Gasteiger charge is -1.91. The van der Waals surface area contributed by atoms with Crippen LogP contribution < -0.4 is 11.1 Å². The van der Waals surface area contributed by atoms with Crippen molar-refractivity contribution < 1.29 is 4.79 Å². The van der Waals surface area contributed by atoms with Gasteiger partial charge < -0.3 is 11.1 Å². The molecule has 0 radical (unpaired) electrons. The monoisotopic (exact) mass is 172 g/mol. The third-order valence-corrected chi connectivity index (χ3v) is 1.09. The summed E-state index contributed by atoms with van der Waals surface area (Å²) < 4.78 is 0. The second-order valence-corrected chi connectivity index (χ2v) is 1.69. The van der Waals surface area contributed by atoms with Crippen LogP contribution >= 0.6 is 24.8 Å². The molecule has 5 heteroatoms. The van der Waals surface area contributed by atoms with Crippen LogP contribution in [0.25, 0.3) is 0 Å². The van der Waals surface area contributed by atoms with E-state index in [1.165, 1.54) is 0 Å². The highest BCUT2D eigenvalue weighted by molar-refractivity contribution is 5.85. The molecule has 0 spiro atoms. The number of nitrogens with two attached hydrogens (primary N) is 1. The van der Waals surface area contributed by atoms with Crippen LogP contribution in [0, 0.1) is 0 Å². The maximum absolute atomic E-state index is 10.3. The van der Waals surface area contributed by atoms with Gasteiger partial charge in [0.25, 0.3) is 0 Å². The predicted octanol–water partition coefficient (Wildman–Crippen LogP) is -0.323. The zero-order chi connectivity index (χ0) is 5.28. The second-order valence-electron chi connectivity index (χ2n) is 1.69. The van der Waals surface area contributed by atoms with Crippen molar-refractivity contribution in [3.63, 3.8) is 0 Å². The number of halogens is 2. The highest BCUT2D eigenvalue weighted by atomic mass is 35.5. The molecule has 9 heavy (non-hydrogen) atoms. The minimum atomic E-state index is -0.236. The zero-order valence-corrected chi connectivity index (χ0v) is 6.43. The first-order valence-electron chi connectivity index (χ1n) is 2.34. The van der Waals surface area contributed by atoms with Crippen molar-refractivity contribution in [1.29, 1.82) is 0 Å². The van der Waals surface area contributed by atoms with E-state index in [-0.39, 0.29) is 36.8 Å². The molecule has 56 valence electrons. The summed E-state index contributed by atoms with van der Waals surface area (Å²) in [5.41, 5.74) is 5.27. The lowest BCUT2D eigenvalue weighted by atomic mass is 10.3. The smallest absolute Gasteiger partial charge is 0.236 e. The van der Waals surface area contributed by atoms with Gasteiger partial charge in [-0.25, -0.2) is 0 Å². The van der Waals surface area contributed by atoms with Crippen molar-refractivity contribution in [3.05, 3.63) is 0 Å². The minimum absolute atomic E-state index is 0. The summed E-state index contributed by atoms with van der Waals surface area (Å²) in [5, 5.41) is 2.61. The summed E-state index contributed by atoms with van der Waals surface area (Å²) in [4.78, 5) is 10.3. The van der Waals surface area contributed by atoms with Crippen molar-refractivity contribution in [2.45, 2.75) is 12.5 Å². The largest absolute Gasteiger partial charge is 0.355 e. The molecule has 0 saturated carbocycles. The Hall–Kier alpha value is 0.01000. The molecule has 0 bridgehead atoms. The Morgan fingerprint density at radius 3 is 2.22 bits per heavy atom. The van der Waals surface area contributed by atoms with Crippen LogP contribution in [0.2, 0.25) is 0 Å². The van der Waals surface area contributed by atoms with E-state index in [0.717, 1.165) is 13.0 Å². The van der Waals surface area contributed by atoms with Gasteiger partial charge in [-0.2, -0.15) is 0 Å². The highest BCUT2D eigenvalue weighted by Gasteiger charge is 2.18. The molecule has 3 N–H and O–H groups in total. The quantitative estimate of drug-likeness (QED) is 0.527. The van der Waals surface area contributed by atoms with Gasteiger partial charge in [-0.15, -0.1) is 24.8 Å². The number of rotatable bonds is 0. The van der Waals surface area contributed by atoms with Crippen LogP contribution in [0.1, 0.15) is 6.42 Å². The molecule has 0 aromatic heterocycles. The van der Waals surface area contributed by atoms with E-state index in [9.17, 15) is 4.79 Å². The topological polar surface area (TPSA) is 55.1 Å². The first-order chi connectivity index (χ1) is 3.30. The zero-order valence-electron chi connectivity index (χ0n) is 4.79. The van der Waals surface area contributed by atoms with Gasteiger partial charge in [0.1, 0.15) is 0 Å². The summed E-state index contributed by atoms with van der Waals surface area (Å²) in [5.74, 6) is -0.0139. The van der Waals surface area contributed by atoms with E-state index in [0.29, 0.717) is 0 Å². The van der Waals surface area contributed by atoms with E-state index >= 15 is 0 Å². The van der Waals surface area contributed by atoms with Crippen LogP contribution in [0.15, 0.2) is 0 Å². The number of hydrogen-bond acceptors (Lipinski definition) is 2. The lowest BCUT2D eigenvalue weighted by molar-refractivity contribution is -0.120. The summed E-state index contributed by atoms with van der Waals surface area (Å²) in [6.45, 7) is 0.750. The standard InChI is InChI=1S/C4H8N2O.2ClH/c5-3-1-2-6-4(3)7;;/h3H,1-2,5H2,(H,6,7);2*1H. The number of carbonyl (C=O) groups is 1. The minimum Gasteiger partial charge on any atom is -0.355 e. The molecule has 0 aromatic carbocycles. The number of hydrogen-bond donors (Lipinski definition) is 2. The first kappa shape index (κ1) is 11.8. The molecule has 0 aliphatic carbocycles. The fourth-order valence-corrected chi connectivity index (χ4v) is 0.613. The van der Waals surface area contributed by atoms with Gasteiger partial charge in [-0.05, 0) is 6.42 Å². The fraction of sp³-hybridized carbons (Fsp3) is 0.750. The molecule has 1 fully saturated rings. The summed E-state index contributed by atoms with van der Waals surface area (Å²) in [6, 6.07) is -0.236. The van der Waals surface area contributed by atoms with Crippen molar-refractivity contribution >= 4 is 30.7 Å². The normalized spacial score (nSPS) is 23.7. The average Bonchev–Trinajstić information content (AvgIpc) is 1.91. The Labute approximate surface area is 66.2 Å². The van der Waals surface area contributed by atoms with Gasteiger partial charge in [0, 0.05) is 6.54 Å². The Balaban J connectivity index is 0. The van der Waals surface area contributed by atoms with Gasteiger partial charge in [-0.1, -0.05) is 0 Å². The van der Waals surface area contributed by atoms with E-state index in [2.05, 4.69) is 5.32 Å². The molecule has 1 atom stereocenters. The molecule has 3 nitrogen and oxygen atoms in total. The van der Waals surface area contributed by atoms with E-state index in [4.69, 9.17) is 5.73 Å². The van der Waals surface area contributed by atoms with Gasteiger partial charge in [0.05, 0.1) is 6.04 Å². The van der Waals surface area contributed by atoms with Crippen LogP contribution in [0.5, 0.6) is 0 Å². The summed E-state index contributed by atoms with van der Waals surface area (Å²) in [7, 11) is 0. The van der Waals surface area contributed by atoms with Crippen LogP contribution in [0.4, 0.5) is 0 Å². The molecule has 1 aliphatic rings. The Kier molecular flexibility index (Phi) is 6.34. The van der Waals surface area contributed by atoms with Gasteiger partial charge >= 0.3 is 0 Å². The van der Waals surface area contributed by atoms with Crippen molar-refractivity contribution in [2.75, 3.05) is 6.54 Å². The first-order valence-corrected chi connectivity index (χ1v) is 2.34. The van der Waals surface area contributed by atoms with Crippen molar-refractivity contribution in [3.8, 4) is 0 Å². The van der Waals surface area contributed by atoms with Gasteiger partial charge in [0.2, 0.25) is 5.91 Å². The predicted molar refractivity (Wildman–Crippen MR) is 40.1 cm³/mol. The Morgan fingerprint density at radius 2 is 2.11 bits per heavy atom. The van der Waals surface area contributed by atoms with E-state index in [1.807, 2.05) is 0 Å². The molecule has 0 aromatic rings. The maximum atomic E-state index is 10.3. The van der Waals surface area contributed by atoms with E-state index in [1.54, 1.807) is 0 Å². The molecule has 1 saturated heterocycles.